The highest BCUT2D eigenvalue weighted by Gasteiger charge is 2.41. The molecular formula is C17H15ClN6O. The van der Waals surface area contributed by atoms with Crippen LogP contribution < -0.4 is 5.56 Å². The smallest absolute Gasteiger partial charge is 0.262 e. The molecule has 1 fully saturated rings. The predicted molar refractivity (Wildman–Crippen MR) is 94.5 cm³/mol. The molecule has 0 unspecified atom stereocenters. The standard InChI is InChI=1S/C17H15ClN6O/c1-17(6-7-17)12-8-24(21-20-12)14-15-22(2)16(25)13-10(18)4-3-5-11(13)23(15)9-19-14/h3-5,8-9H,6-7H2,1-2H3. The summed E-state index contributed by atoms with van der Waals surface area (Å²) in [5.74, 6) is 0.574. The van der Waals surface area contributed by atoms with Crippen LogP contribution in [0.2, 0.25) is 5.02 Å². The summed E-state index contributed by atoms with van der Waals surface area (Å²) in [4.78, 5) is 17.3. The van der Waals surface area contributed by atoms with Gasteiger partial charge in [0.05, 0.1) is 27.8 Å². The number of hydrogen-bond donors (Lipinski definition) is 0. The molecule has 0 atom stereocenters. The Balaban J connectivity index is 1.83. The van der Waals surface area contributed by atoms with Crippen molar-refractivity contribution < 1.29 is 0 Å². The Bertz CT molecular complexity index is 1210. The van der Waals surface area contributed by atoms with Crippen molar-refractivity contribution in [1.82, 2.24) is 28.9 Å². The number of aryl methyl sites for hydroxylation is 1. The molecule has 0 N–H and O–H groups in total. The van der Waals surface area contributed by atoms with E-state index in [0.717, 1.165) is 24.1 Å². The van der Waals surface area contributed by atoms with Gasteiger partial charge in [0.1, 0.15) is 6.33 Å². The van der Waals surface area contributed by atoms with Gasteiger partial charge in [0.25, 0.3) is 5.56 Å². The molecule has 8 heteroatoms. The van der Waals surface area contributed by atoms with E-state index in [1.165, 1.54) is 0 Å². The Kier molecular flexibility index (Phi) is 2.75. The minimum Gasteiger partial charge on any atom is -0.294 e. The Morgan fingerprint density at radius 2 is 2.08 bits per heavy atom. The van der Waals surface area contributed by atoms with Crippen molar-refractivity contribution in [3.8, 4) is 5.82 Å². The summed E-state index contributed by atoms with van der Waals surface area (Å²) in [6.07, 6.45) is 5.83. The summed E-state index contributed by atoms with van der Waals surface area (Å²) >= 11 is 6.24. The lowest BCUT2D eigenvalue weighted by atomic mass is 10.1. The molecule has 1 aromatic carbocycles. The summed E-state index contributed by atoms with van der Waals surface area (Å²) in [5, 5.41) is 9.44. The number of nitrogens with zero attached hydrogens (tertiary/aromatic N) is 6. The second-order valence-corrected chi connectivity index (χ2v) is 7.28. The molecule has 7 nitrogen and oxygen atoms in total. The monoisotopic (exact) mass is 354 g/mol. The van der Waals surface area contributed by atoms with Gasteiger partial charge in [-0.15, -0.1) is 5.10 Å². The van der Waals surface area contributed by atoms with Gasteiger partial charge in [-0.05, 0) is 25.0 Å². The zero-order chi connectivity index (χ0) is 17.3. The number of halogens is 1. The van der Waals surface area contributed by atoms with Gasteiger partial charge < -0.3 is 0 Å². The molecule has 1 aliphatic carbocycles. The van der Waals surface area contributed by atoms with Crippen LogP contribution in [0.3, 0.4) is 0 Å². The fourth-order valence-electron chi connectivity index (χ4n) is 3.26. The first-order chi connectivity index (χ1) is 12.0. The maximum atomic E-state index is 12.8. The topological polar surface area (TPSA) is 70.0 Å². The van der Waals surface area contributed by atoms with E-state index in [2.05, 4.69) is 22.2 Å². The SMILES string of the molecule is Cn1c(=O)c2c(Cl)cccc2n2cnc(-n3cc(C4(C)CC4)nn3)c12. The Morgan fingerprint density at radius 3 is 2.84 bits per heavy atom. The van der Waals surface area contributed by atoms with Crippen LogP contribution in [0.5, 0.6) is 0 Å². The Labute approximate surface area is 147 Å². The number of aromatic nitrogens is 6. The highest BCUT2D eigenvalue weighted by molar-refractivity contribution is 6.35. The normalized spacial score (nSPS) is 16.0. The van der Waals surface area contributed by atoms with E-state index >= 15 is 0 Å². The van der Waals surface area contributed by atoms with Crippen LogP contribution in [0.1, 0.15) is 25.5 Å². The van der Waals surface area contributed by atoms with Gasteiger partial charge in [-0.3, -0.25) is 13.8 Å². The first kappa shape index (κ1) is 14.7. The van der Waals surface area contributed by atoms with E-state index < -0.39 is 0 Å². The van der Waals surface area contributed by atoms with Crippen molar-refractivity contribution in [2.75, 3.05) is 0 Å². The fourth-order valence-corrected chi connectivity index (χ4v) is 3.51. The van der Waals surface area contributed by atoms with Gasteiger partial charge >= 0.3 is 0 Å². The predicted octanol–water partition coefficient (Wildman–Crippen LogP) is 2.47. The third kappa shape index (κ3) is 1.93. The molecule has 0 bridgehead atoms. The fraction of sp³-hybridized carbons (Fsp3) is 0.294. The highest BCUT2D eigenvalue weighted by Crippen LogP contribution is 2.46. The third-order valence-corrected chi connectivity index (χ3v) is 5.45. The summed E-state index contributed by atoms with van der Waals surface area (Å²) < 4.78 is 5.05. The summed E-state index contributed by atoms with van der Waals surface area (Å²) in [6.45, 7) is 2.18. The molecule has 0 spiro atoms. The lowest BCUT2D eigenvalue weighted by Crippen LogP contribution is -2.20. The Hall–Kier alpha value is -2.67. The zero-order valence-electron chi connectivity index (χ0n) is 13.8. The number of imidazole rings is 1. The molecule has 0 aliphatic heterocycles. The zero-order valence-corrected chi connectivity index (χ0v) is 14.5. The Morgan fingerprint density at radius 1 is 1.28 bits per heavy atom. The number of fused-ring (bicyclic) bond motifs is 3. The molecule has 1 saturated carbocycles. The molecule has 5 rings (SSSR count). The van der Waals surface area contributed by atoms with E-state index in [0.29, 0.717) is 21.9 Å². The number of hydrogen-bond acceptors (Lipinski definition) is 4. The molecule has 0 amide bonds. The van der Waals surface area contributed by atoms with Gasteiger partial charge in [0, 0.05) is 12.5 Å². The van der Waals surface area contributed by atoms with E-state index in [-0.39, 0.29) is 11.0 Å². The second-order valence-electron chi connectivity index (χ2n) is 6.87. The average molecular weight is 355 g/mol. The molecule has 25 heavy (non-hydrogen) atoms. The maximum Gasteiger partial charge on any atom is 0.262 e. The van der Waals surface area contributed by atoms with Crippen LogP contribution in [0, 0.1) is 0 Å². The van der Waals surface area contributed by atoms with Crippen LogP contribution in [0.15, 0.2) is 35.5 Å². The summed E-state index contributed by atoms with van der Waals surface area (Å²) in [7, 11) is 1.71. The second kappa shape index (κ2) is 4.70. The van der Waals surface area contributed by atoms with Gasteiger partial charge in [0.15, 0.2) is 11.5 Å². The summed E-state index contributed by atoms with van der Waals surface area (Å²) in [6, 6.07) is 5.40. The molecule has 0 radical (unpaired) electrons. The van der Waals surface area contributed by atoms with Crippen LogP contribution in [-0.4, -0.2) is 28.9 Å². The van der Waals surface area contributed by atoms with Gasteiger partial charge in [-0.25, -0.2) is 4.98 Å². The summed E-state index contributed by atoms with van der Waals surface area (Å²) in [5.41, 5.74) is 2.29. The van der Waals surface area contributed by atoms with Gasteiger partial charge in [-0.1, -0.05) is 29.8 Å². The van der Waals surface area contributed by atoms with Crippen LogP contribution in [0.4, 0.5) is 0 Å². The minimum absolute atomic E-state index is 0.125. The van der Waals surface area contributed by atoms with E-state index in [1.54, 1.807) is 28.7 Å². The first-order valence-electron chi connectivity index (χ1n) is 8.07. The maximum absolute atomic E-state index is 12.8. The molecule has 0 saturated heterocycles. The van der Waals surface area contributed by atoms with Crippen LogP contribution >= 0.6 is 11.6 Å². The average Bonchev–Trinajstić information content (AvgIpc) is 3.04. The lowest BCUT2D eigenvalue weighted by Gasteiger charge is -2.09. The van der Waals surface area contributed by atoms with Crippen LogP contribution in [-0.2, 0) is 12.5 Å². The van der Waals surface area contributed by atoms with Gasteiger partial charge in [-0.2, -0.15) is 4.68 Å². The van der Waals surface area contributed by atoms with Crippen molar-refractivity contribution in [2.45, 2.75) is 25.2 Å². The quantitative estimate of drug-likeness (QED) is 0.554. The lowest BCUT2D eigenvalue weighted by molar-refractivity contribution is 0.731. The van der Waals surface area contributed by atoms with E-state index in [4.69, 9.17) is 11.6 Å². The largest absolute Gasteiger partial charge is 0.294 e. The van der Waals surface area contributed by atoms with Crippen molar-refractivity contribution in [3.05, 3.63) is 51.8 Å². The van der Waals surface area contributed by atoms with Crippen LogP contribution in [0.25, 0.3) is 22.4 Å². The highest BCUT2D eigenvalue weighted by atomic mass is 35.5. The number of rotatable bonds is 2. The molecule has 126 valence electrons. The van der Waals surface area contributed by atoms with Crippen molar-refractivity contribution in [1.29, 1.82) is 0 Å². The molecule has 4 aromatic rings. The van der Waals surface area contributed by atoms with Gasteiger partial charge in [0.2, 0.25) is 0 Å². The molecular weight excluding hydrogens is 340 g/mol. The third-order valence-electron chi connectivity index (χ3n) is 5.14. The van der Waals surface area contributed by atoms with Crippen molar-refractivity contribution in [2.24, 2.45) is 7.05 Å². The number of benzene rings is 1. The van der Waals surface area contributed by atoms with E-state index in [1.807, 2.05) is 22.7 Å². The van der Waals surface area contributed by atoms with E-state index in [9.17, 15) is 4.79 Å². The molecule has 3 aromatic heterocycles. The molecule has 3 heterocycles. The molecule has 1 aliphatic rings. The van der Waals surface area contributed by atoms with Crippen molar-refractivity contribution in [3.63, 3.8) is 0 Å². The minimum atomic E-state index is -0.163. The first-order valence-corrected chi connectivity index (χ1v) is 8.45. The van der Waals surface area contributed by atoms with Crippen molar-refractivity contribution >= 4 is 28.2 Å².